The molecule has 4 nitrogen and oxygen atoms in total. The molecule has 0 aliphatic heterocycles. The van der Waals surface area contributed by atoms with Crippen LogP contribution in [0.15, 0.2) is 15.9 Å². The van der Waals surface area contributed by atoms with Gasteiger partial charge in [0.05, 0.1) is 12.2 Å². The molecule has 0 N–H and O–H groups in total. The van der Waals surface area contributed by atoms with E-state index in [1.54, 1.807) is 11.3 Å². The summed E-state index contributed by atoms with van der Waals surface area (Å²) in [6.07, 6.45) is 1.60. The van der Waals surface area contributed by atoms with Crippen LogP contribution in [-0.2, 0) is 19.4 Å². The van der Waals surface area contributed by atoms with Crippen molar-refractivity contribution in [1.29, 1.82) is 5.26 Å². The molecule has 0 aliphatic carbocycles. The van der Waals surface area contributed by atoms with Gasteiger partial charge in [-0.1, -0.05) is 13.8 Å². The number of thiophene rings is 1. The fraction of sp³-hybridized carbons (Fsp3) is 0.400. The quantitative estimate of drug-likeness (QED) is 0.806. The predicted octanol–water partition coefficient (Wildman–Crippen LogP) is 3.93. The molecule has 0 saturated carbocycles. The Morgan fingerprint density at radius 2 is 2.10 bits per heavy atom. The van der Waals surface area contributed by atoms with E-state index in [1.165, 1.54) is 4.88 Å². The predicted molar refractivity (Wildman–Crippen MR) is 89.6 cm³/mol. The Morgan fingerprint density at radius 1 is 1.33 bits per heavy atom. The third-order valence-electron chi connectivity index (χ3n) is 3.32. The van der Waals surface area contributed by atoms with Crippen LogP contribution < -0.4 is 4.90 Å². The highest BCUT2D eigenvalue weighted by Crippen LogP contribution is 2.26. The molecule has 0 amide bonds. The monoisotopic (exact) mass is 364 g/mol. The van der Waals surface area contributed by atoms with Crippen molar-refractivity contribution in [3.8, 4) is 6.07 Å². The Morgan fingerprint density at radius 3 is 2.62 bits per heavy atom. The van der Waals surface area contributed by atoms with Gasteiger partial charge in [-0.3, -0.25) is 0 Å². The lowest BCUT2D eigenvalue weighted by atomic mass is 10.0. The van der Waals surface area contributed by atoms with Crippen molar-refractivity contribution in [2.45, 2.75) is 33.2 Å². The highest BCUT2D eigenvalue weighted by molar-refractivity contribution is 9.10. The summed E-state index contributed by atoms with van der Waals surface area (Å²) in [5.41, 5.74) is 2.59. The zero-order valence-electron chi connectivity index (χ0n) is 12.4. The summed E-state index contributed by atoms with van der Waals surface area (Å²) in [5, 5.41) is 20.1. The molecule has 21 heavy (non-hydrogen) atoms. The average Bonchev–Trinajstić information content (AvgIpc) is 2.90. The highest BCUT2D eigenvalue weighted by Gasteiger charge is 2.17. The van der Waals surface area contributed by atoms with Gasteiger partial charge in [-0.05, 0) is 40.4 Å². The fourth-order valence-electron chi connectivity index (χ4n) is 2.29. The van der Waals surface area contributed by atoms with Crippen molar-refractivity contribution in [1.82, 2.24) is 10.2 Å². The Hall–Kier alpha value is -1.45. The van der Waals surface area contributed by atoms with Gasteiger partial charge in [0.1, 0.15) is 11.6 Å². The first-order valence-corrected chi connectivity index (χ1v) is 8.50. The second kappa shape index (κ2) is 7.01. The number of nitriles is 1. The van der Waals surface area contributed by atoms with E-state index in [0.717, 1.165) is 28.6 Å². The van der Waals surface area contributed by atoms with Crippen molar-refractivity contribution < 1.29 is 0 Å². The first-order chi connectivity index (χ1) is 10.1. The molecule has 2 aromatic rings. The number of halogens is 1. The molecule has 0 unspecified atom stereocenters. The summed E-state index contributed by atoms with van der Waals surface area (Å²) in [7, 11) is 1.95. The largest absolute Gasteiger partial charge is 0.352 e. The third-order valence-corrected chi connectivity index (χ3v) is 5.00. The van der Waals surface area contributed by atoms with Crippen LogP contribution in [-0.4, -0.2) is 17.2 Å². The maximum absolute atomic E-state index is 9.52. The van der Waals surface area contributed by atoms with Crippen LogP contribution in [0.2, 0.25) is 0 Å². The minimum absolute atomic E-state index is 0.655. The summed E-state index contributed by atoms with van der Waals surface area (Å²) in [6.45, 7) is 4.81. The van der Waals surface area contributed by atoms with Crippen LogP contribution in [0.5, 0.6) is 0 Å². The molecule has 0 fully saturated rings. The van der Waals surface area contributed by atoms with Gasteiger partial charge >= 0.3 is 0 Å². The average molecular weight is 365 g/mol. The lowest BCUT2D eigenvalue weighted by Crippen LogP contribution is -2.20. The molecule has 0 saturated heterocycles. The van der Waals surface area contributed by atoms with Crippen LogP contribution in [0, 0.1) is 11.3 Å². The number of aromatic nitrogens is 2. The summed E-state index contributed by atoms with van der Waals surface area (Å²) in [4.78, 5) is 3.20. The number of hydrogen-bond acceptors (Lipinski definition) is 5. The summed E-state index contributed by atoms with van der Waals surface area (Å²) in [5.74, 6) is 0.663. The van der Waals surface area contributed by atoms with Crippen molar-refractivity contribution in [3.05, 3.63) is 37.6 Å². The van der Waals surface area contributed by atoms with Crippen LogP contribution in [0.1, 0.15) is 35.5 Å². The number of aryl methyl sites for hydroxylation is 1. The standard InChI is InChI=1S/C15H17BrN4S/c1-4-12-13(7-17)15(19-18-14(12)5-2)20(3)8-11-6-10(16)9-21-11/h6,9H,4-5,8H2,1-3H3. The fourth-order valence-corrected chi connectivity index (χ4v) is 3.80. The Labute approximate surface area is 137 Å². The number of nitrogens with zero attached hydrogens (tertiary/aromatic N) is 4. The minimum Gasteiger partial charge on any atom is -0.352 e. The molecule has 0 aliphatic rings. The SMILES string of the molecule is CCc1nnc(N(C)Cc2cc(Br)cs2)c(C#N)c1CC. The Balaban J connectivity index is 2.37. The Bertz CT molecular complexity index is 675. The van der Waals surface area contributed by atoms with E-state index in [9.17, 15) is 5.26 Å². The molecule has 2 aromatic heterocycles. The first kappa shape index (κ1) is 15.9. The summed E-state index contributed by atoms with van der Waals surface area (Å²) < 4.78 is 1.08. The summed E-state index contributed by atoms with van der Waals surface area (Å²) in [6, 6.07) is 4.40. The van der Waals surface area contributed by atoms with Gasteiger partial charge in [0.25, 0.3) is 0 Å². The van der Waals surface area contributed by atoms with Gasteiger partial charge in [-0.15, -0.1) is 16.4 Å². The number of hydrogen-bond donors (Lipinski definition) is 0. The third kappa shape index (κ3) is 3.42. The van der Waals surface area contributed by atoms with E-state index in [0.29, 0.717) is 17.9 Å². The normalized spacial score (nSPS) is 10.4. The number of anilines is 1. The molecule has 6 heteroatoms. The van der Waals surface area contributed by atoms with Gasteiger partial charge in [-0.25, -0.2) is 0 Å². The molecule has 0 bridgehead atoms. The van der Waals surface area contributed by atoms with Gasteiger partial charge in [-0.2, -0.15) is 10.4 Å². The molecule has 0 atom stereocenters. The van der Waals surface area contributed by atoms with E-state index < -0.39 is 0 Å². The molecule has 2 rings (SSSR count). The maximum Gasteiger partial charge on any atom is 0.169 e. The van der Waals surface area contributed by atoms with E-state index in [1.807, 2.05) is 18.9 Å². The van der Waals surface area contributed by atoms with Crippen LogP contribution in [0.4, 0.5) is 5.82 Å². The van der Waals surface area contributed by atoms with Crippen molar-refractivity contribution in [3.63, 3.8) is 0 Å². The van der Waals surface area contributed by atoms with E-state index in [4.69, 9.17) is 0 Å². The van der Waals surface area contributed by atoms with Crippen LogP contribution in [0.25, 0.3) is 0 Å². The van der Waals surface area contributed by atoms with Gasteiger partial charge in [0.2, 0.25) is 0 Å². The lowest BCUT2D eigenvalue weighted by Gasteiger charge is -2.20. The zero-order valence-corrected chi connectivity index (χ0v) is 14.8. The molecule has 110 valence electrons. The van der Waals surface area contributed by atoms with E-state index in [2.05, 4.69) is 50.6 Å². The lowest BCUT2D eigenvalue weighted by molar-refractivity contribution is 0.823. The van der Waals surface area contributed by atoms with Crippen molar-refractivity contribution in [2.24, 2.45) is 0 Å². The molecule has 2 heterocycles. The topological polar surface area (TPSA) is 52.8 Å². The zero-order chi connectivity index (χ0) is 15.4. The maximum atomic E-state index is 9.52. The smallest absolute Gasteiger partial charge is 0.169 e. The van der Waals surface area contributed by atoms with Gasteiger partial charge in [0.15, 0.2) is 5.82 Å². The second-order valence-electron chi connectivity index (χ2n) is 4.73. The second-order valence-corrected chi connectivity index (χ2v) is 6.64. The molecule has 0 radical (unpaired) electrons. The van der Waals surface area contributed by atoms with Crippen molar-refractivity contribution in [2.75, 3.05) is 11.9 Å². The molecule has 0 spiro atoms. The van der Waals surface area contributed by atoms with Crippen LogP contribution >= 0.6 is 27.3 Å². The summed E-state index contributed by atoms with van der Waals surface area (Å²) >= 11 is 5.14. The first-order valence-electron chi connectivity index (χ1n) is 6.83. The highest BCUT2D eigenvalue weighted by atomic mass is 79.9. The molecular weight excluding hydrogens is 348 g/mol. The molecular formula is C15H17BrN4S. The van der Waals surface area contributed by atoms with Gasteiger partial charge < -0.3 is 4.90 Å². The molecule has 0 aromatic carbocycles. The van der Waals surface area contributed by atoms with E-state index >= 15 is 0 Å². The number of rotatable bonds is 5. The van der Waals surface area contributed by atoms with E-state index in [-0.39, 0.29) is 0 Å². The Kier molecular flexibility index (Phi) is 5.32. The van der Waals surface area contributed by atoms with Crippen LogP contribution in [0.3, 0.4) is 0 Å². The van der Waals surface area contributed by atoms with Gasteiger partial charge in [0, 0.05) is 21.8 Å². The van der Waals surface area contributed by atoms with Crippen molar-refractivity contribution >= 4 is 33.1 Å². The minimum atomic E-state index is 0.655.